The molecule has 0 radical (unpaired) electrons. The number of ether oxygens (including phenoxy) is 3. The van der Waals surface area contributed by atoms with Crippen LogP contribution in [-0.4, -0.2) is 120 Å². The zero-order valence-corrected chi connectivity index (χ0v) is 24.9. The average Bonchev–Trinajstić information content (AvgIpc) is 3.42. The zero-order chi connectivity index (χ0) is 30.0. The Morgan fingerprint density at radius 2 is 1.77 bits per heavy atom. The minimum absolute atomic E-state index is 0.226. The number of benzene rings is 1. The number of amides is 2. The Labute approximate surface area is 253 Å². The van der Waals surface area contributed by atoms with Crippen LogP contribution in [0.4, 0.5) is 0 Å². The number of carbonyl (C=O) groups excluding carboxylic acids is 3. The molecule has 0 aromatic heterocycles. The van der Waals surface area contributed by atoms with Crippen LogP contribution in [0.1, 0.15) is 31.7 Å². The number of fused-ring (bicyclic) bond motifs is 2. The number of likely N-dealkylation sites (tertiary alicyclic amines) is 1. The lowest BCUT2D eigenvalue weighted by molar-refractivity contribution is -0.163. The summed E-state index contributed by atoms with van der Waals surface area (Å²) in [5, 5.41) is 10.7. The molecule has 10 heteroatoms. The molecule has 5 aliphatic heterocycles. The number of carbonyl (C=O) groups is 3. The van der Waals surface area contributed by atoms with Gasteiger partial charge in [-0.3, -0.25) is 19.3 Å². The summed E-state index contributed by atoms with van der Waals surface area (Å²) in [5.41, 5.74) is -1.53. The largest absolute Gasteiger partial charge is 0.465 e. The number of hydrogen-bond acceptors (Lipinski definition) is 8. The molecule has 5 aliphatic rings. The van der Waals surface area contributed by atoms with Crippen molar-refractivity contribution in [2.75, 3.05) is 59.2 Å². The molecular weight excluding hydrogens is 550 g/mol. The van der Waals surface area contributed by atoms with Gasteiger partial charge in [-0.05, 0) is 31.2 Å². The summed E-state index contributed by atoms with van der Waals surface area (Å²) in [6, 6.07) is 7.92. The maximum Gasteiger partial charge on any atom is 0.313 e. The van der Waals surface area contributed by atoms with Gasteiger partial charge in [-0.15, -0.1) is 0 Å². The van der Waals surface area contributed by atoms with Gasteiger partial charge in [-0.25, -0.2) is 0 Å². The van der Waals surface area contributed by atoms with Gasteiger partial charge in [0.25, 0.3) is 0 Å². The van der Waals surface area contributed by atoms with Gasteiger partial charge in [0, 0.05) is 32.7 Å². The summed E-state index contributed by atoms with van der Waals surface area (Å²) < 4.78 is 18.2. The van der Waals surface area contributed by atoms with Gasteiger partial charge in [0.1, 0.15) is 23.2 Å². The number of rotatable bonds is 8. The first kappa shape index (κ1) is 30.0. The molecule has 2 amide bonds. The van der Waals surface area contributed by atoms with E-state index in [1.165, 1.54) is 0 Å². The van der Waals surface area contributed by atoms with Crippen LogP contribution in [0.25, 0.3) is 0 Å². The Hall–Kier alpha value is -3.05. The lowest BCUT2D eigenvalue weighted by Crippen LogP contribution is -2.59. The number of morpholine rings is 1. The van der Waals surface area contributed by atoms with E-state index in [0.717, 1.165) is 25.1 Å². The third kappa shape index (κ3) is 5.32. The molecule has 0 aliphatic carbocycles. The number of esters is 1. The predicted molar refractivity (Wildman–Crippen MR) is 158 cm³/mol. The smallest absolute Gasteiger partial charge is 0.313 e. The fraction of sp³-hybridized carbons (Fsp3) is 0.606. The second kappa shape index (κ2) is 12.5. The Morgan fingerprint density at radius 3 is 2.51 bits per heavy atom. The van der Waals surface area contributed by atoms with Gasteiger partial charge in [-0.1, -0.05) is 61.6 Å². The van der Waals surface area contributed by atoms with E-state index in [4.69, 9.17) is 14.2 Å². The van der Waals surface area contributed by atoms with Gasteiger partial charge in [0.15, 0.2) is 0 Å². The normalized spacial score (nSPS) is 34.4. The number of cyclic esters (lactones) is 1. The minimum Gasteiger partial charge on any atom is -0.465 e. The second-order valence-corrected chi connectivity index (χ2v) is 12.2. The van der Waals surface area contributed by atoms with E-state index in [2.05, 4.69) is 4.90 Å². The Balaban J connectivity index is 1.42. The van der Waals surface area contributed by atoms with Crippen LogP contribution < -0.4 is 0 Å². The van der Waals surface area contributed by atoms with Gasteiger partial charge in [-0.2, -0.15) is 0 Å². The standard InChI is InChI=1S/C33H43N3O7/c1-2-32-12-7-4-8-19-42-31(40)27(32)26-29(38)36(25(23-37)22-24-10-5-3-6-11-24)28-30(39)35(14-9-13-33(26,28)43-32)16-15-34-17-20-41-21-18-34/h3,5-7,9-13,25-28,37H,2,4,8,14-23H2,1H3/b12-7-/t25-,26+,27-,28?,32+,33+/m1/s1. The SMILES string of the molecule is CC[C@]12/C=C\CCCOC(=O)[C@H]1[C@H]1C(=O)N([C@@H](CO)Cc3ccccc3)C3C(=O)N(CCN4CCOCC4)CC=C[C@@]31O2. The molecule has 1 unspecified atom stereocenters. The number of nitrogens with zero attached hydrogens (tertiary/aromatic N) is 3. The molecule has 3 fully saturated rings. The molecular formula is C33H43N3O7. The fourth-order valence-electron chi connectivity index (χ4n) is 7.68. The number of hydrogen-bond donors (Lipinski definition) is 1. The van der Waals surface area contributed by atoms with Crippen molar-refractivity contribution in [2.45, 2.75) is 55.9 Å². The van der Waals surface area contributed by atoms with Crippen molar-refractivity contribution in [3.63, 3.8) is 0 Å². The summed E-state index contributed by atoms with van der Waals surface area (Å²) in [7, 11) is 0. The van der Waals surface area contributed by atoms with Crippen LogP contribution in [0, 0.1) is 11.8 Å². The third-order valence-electron chi connectivity index (χ3n) is 9.86. The third-order valence-corrected chi connectivity index (χ3v) is 9.86. The number of aliphatic hydroxyl groups excluding tert-OH is 1. The predicted octanol–water partition coefficient (Wildman–Crippen LogP) is 1.57. The molecule has 1 spiro atoms. The molecule has 5 heterocycles. The highest BCUT2D eigenvalue weighted by atomic mass is 16.6. The molecule has 1 aromatic carbocycles. The van der Waals surface area contributed by atoms with Gasteiger partial charge in [0.2, 0.25) is 11.8 Å². The van der Waals surface area contributed by atoms with Crippen molar-refractivity contribution in [2.24, 2.45) is 11.8 Å². The molecule has 3 saturated heterocycles. The Kier molecular flexibility index (Phi) is 8.73. The van der Waals surface area contributed by atoms with Gasteiger partial charge in [0.05, 0.1) is 38.4 Å². The minimum atomic E-state index is -1.38. The van der Waals surface area contributed by atoms with Crippen LogP contribution in [0.5, 0.6) is 0 Å². The summed E-state index contributed by atoms with van der Waals surface area (Å²) >= 11 is 0. The first-order chi connectivity index (χ1) is 20.9. The topological polar surface area (TPSA) is 109 Å². The highest BCUT2D eigenvalue weighted by molar-refractivity contribution is 5.99. The van der Waals surface area contributed by atoms with Crippen LogP contribution in [0.3, 0.4) is 0 Å². The van der Waals surface area contributed by atoms with Gasteiger partial charge >= 0.3 is 5.97 Å². The van der Waals surface area contributed by atoms with Gasteiger partial charge < -0.3 is 29.1 Å². The lowest BCUT2D eigenvalue weighted by Gasteiger charge is -2.41. The molecule has 232 valence electrons. The van der Waals surface area contributed by atoms with E-state index in [-0.39, 0.29) is 25.0 Å². The van der Waals surface area contributed by atoms with Crippen molar-refractivity contribution < 1.29 is 33.7 Å². The average molecular weight is 594 g/mol. The highest BCUT2D eigenvalue weighted by Gasteiger charge is 2.75. The summed E-state index contributed by atoms with van der Waals surface area (Å²) in [4.78, 5) is 48.8. The van der Waals surface area contributed by atoms with E-state index in [1.54, 1.807) is 9.80 Å². The quantitative estimate of drug-likeness (QED) is 0.358. The number of allylic oxidation sites excluding steroid dienone is 1. The first-order valence-electron chi connectivity index (χ1n) is 15.7. The van der Waals surface area contributed by atoms with Crippen molar-refractivity contribution in [1.29, 1.82) is 0 Å². The van der Waals surface area contributed by atoms with Crippen molar-refractivity contribution in [1.82, 2.24) is 14.7 Å². The second-order valence-electron chi connectivity index (χ2n) is 12.2. The van der Waals surface area contributed by atoms with Crippen LogP contribution in [-0.2, 0) is 35.0 Å². The molecule has 1 aromatic rings. The van der Waals surface area contributed by atoms with Crippen LogP contribution in [0.2, 0.25) is 0 Å². The molecule has 43 heavy (non-hydrogen) atoms. The zero-order valence-electron chi connectivity index (χ0n) is 24.9. The first-order valence-corrected chi connectivity index (χ1v) is 15.7. The van der Waals surface area contributed by atoms with Crippen molar-refractivity contribution >= 4 is 17.8 Å². The molecule has 1 N–H and O–H groups in total. The van der Waals surface area contributed by atoms with E-state index in [1.807, 2.05) is 61.6 Å². The van der Waals surface area contributed by atoms with Crippen LogP contribution in [0.15, 0.2) is 54.6 Å². The molecule has 0 saturated carbocycles. The van der Waals surface area contributed by atoms with Crippen molar-refractivity contribution in [3.05, 3.63) is 60.2 Å². The highest BCUT2D eigenvalue weighted by Crippen LogP contribution is 2.58. The summed E-state index contributed by atoms with van der Waals surface area (Å²) in [6.45, 7) is 6.35. The maximum absolute atomic E-state index is 14.7. The van der Waals surface area contributed by atoms with Crippen molar-refractivity contribution in [3.8, 4) is 0 Å². The van der Waals surface area contributed by atoms with E-state index in [0.29, 0.717) is 52.1 Å². The van der Waals surface area contributed by atoms with E-state index < -0.39 is 41.1 Å². The Bertz CT molecular complexity index is 1250. The summed E-state index contributed by atoms with van der Waals surface area (Å²) in [6.07, 6.45) is 9.93. The monoisotopic (exact) mass is 593 g/mol. The molecule has 6 atom stereocenters. The van der Waals surface area contributed by atoms with Crippen LogP contribution >= 0.6 is 0 Å². The fourth-order valence-corrected chi connectivity index (χ4v) is 7.68. The van der Waals surface area contributed by atoms with E-state index in [9.17, 15) is 19.5 Å². The summed E-state index contributed by atoms with van der Waals surface area (Å²) in [5.74, 6) is -2.92. The maximum atomic E-state index is 14.7. The Morgan fingerprint density at radius 1 is 0.977 bits per heavy atom. The number of aliphatic hydroxyl groups is 1. The lowest BCUT2D eigenvalue weighted by atomic mass is 9.73. The van der Waals surface area contributed by atoms with E-state index >= 15 is 0 Å². The molecule has 0 bridgehead atoms. The molecule has 6 rings (SSSR count). The molecule has 10 nitrogen and oxygen atoms in total.